The van der Waals surface area contributed by atoms with Gasteiger partial charge in [0.15, 0.2) is 0 Å². The predicted molar refractivity (Wildman–Crippen MR) is 95.7 cm³/mol. The quantitative estimate of drug-likeness (QED) is 0.357. The van der Waals surface area contributed by atoms with E-state index in [1.807, 2.05) is 0 Å². The van der Waals surface area contributed by atoms with Crippen LogP contribution in [-0.2, 0) is 19.4 Å². The van der Waals surface area contributed by atoms with Gasteiger partial charge in [0, 0.05) is 16.0 Å². The Morgan fingerprint density at radius 2 is 1.43 bits per heavy atom. The molecule has 1 N–H and O–H groups in total. The van der Waals surface area contributed by atoms with Gasteiger partial charge in [0.25, 0.3) is 0 Å². The van der Waals surface area contributed by atoms with Gasteiger partial charge in [-0.1, -0.05) is 22.9 Å². The number of benzene rings is 2. The zero-order valence-electron chi connectivity index (χ0n) is 14.1. The number of nitrogens with one attached hydrogen (secondary N) is 1. The predicted octanol–water partition coefficient (Wildman–Crippen LogP) is 6.67. The van der Waals surface area contributed by atoms with Crippen molar-refractivity contribution < 1.29 is 30.9 Å². The van der Waals surface area contributed by atoms with E-state index in [2.05, 4.69) is 5.32 Å². The van der Waals surface area contributed by atoms with Crippen molar-refractivity contribution >= 4 is 33.8 Å². The van der Waals surface area contributed by atoms with Crippen molar-refractivity contribution in [3.8, 4) is 11.3 Å². The van der Waals surface area contributed by atoms with Gasteiger partial charge in [-0.3, -0.25) is 0 Å². The standard InChI is InChI=1S/C18H11ClF6N2S/c1-27-15(10-2-4-13(19)5-3-10)9-28-16(27)26-14-7-11(17(20,21)22)6-12(8-14)18(23,24)25/h2-9H,1H3/p+1. The minimum Gasteiger partial charge on any atom is -0.231 e. The number of alkyl halides is 6. The zero-order valence-corrected chi connectivity index (χ0v) is 15.7. The first-order valence-electron chi connectivity index (χ1n) is 7.75. The highest BCUT2D eigenvalue weighted by Gasteiger charge is 2.37. The maximum atomic E-state index is 13.0. The topological polar surface area (TPSA) is 15.9 Å². The van der Waals surface area contributed by atoms with E-state index in [4.69, 9.17) is 11.6 Å². The molecule has 1 heterocycles. The second kappa shape index (κ2) is 7.29. The van der Waals surface area contributed by atoms with Crippen molar-refractivity contribution in [2.24, 2.45) is 7.05 Å². The molecule has 0 saturated carbocycles. The third-order valence-electron chi connectivity index (χ3n) is 3.93. The zero-order chi connectivity index (χ0) is 20.7. The average Bonchev–Trinajstić information content (AvgIpc) is 2.94. The number of thiazole rings is 1. The molecule has 0 amide bonds. The number of anilines is 2. The molecule has 3 aromatic rings. The fraction of sp³-hybridized carbons (Fsp3) is 0.167. The third kappa shape index (κ3) is 4.41. The summed E-state index contributed by atoms with van der Waals surface area (Å²) in [7, 11) is 1.65. The van der Waals surface area contributed by atoms with Crippen molar-refractivity contribution in [3.63, 3.8) is 0 Å². The number of hydrogen-bond acceptors (Lipinski definition) is 2. The van der Waals surface area contributed by atoms with Crippen molar-refractivity contribution in [2.45, 2.75) is 12.4 Å². The summed E-state index contributed by atoms with van der Waals surface area (Å²) in [5.41, 5.74) is -1.52. The van der Waals surface area contributed by atoms with E-state index < -0.39 is 23.5 Å². The van der Waals surface area contributed by atoms with Crippen LogP contribution in [0.15, 0.2) is 47.8 Å². The number of rotatable bonds is 3. The fourth-order valence-corrected chi connectivity index (χ4v) is 3.60. The van der Waals surface area contributed by atoms with Crippen LogP contribution in [0.3, 0.4) is 0 Å². The molecule has 0 saturated heterocycles. The minimum absolute atomic E-state index is 0.0960. The smallest absolute Gasteiger partial charge is 0.231 e. The molecule has 3 rings (SSSR count). The van der Waals surface area contributed by atoms with Gasteiger partial charge in [0.1, 0.15) is 11.4 Å². The van der Waals surface area contributed by atoms with Gasteiger partial charge in [-0.2, -0.15) is 26.3 Å². The molecule has 10 heteroatoms. The normalized spacial score (nSPS) is 12.3. The number of aromatic nitrogens is 1. The maximum absolute atomic E-state index is 13.0. The molecule has 0 fully saturated rings. The second-order valence-corrected chi connectivity index (χ2v) is 7.21. The summed E-state index contributed by atoms with van der Waals surface area (Å²) in [6.45, 7) is 0. The molecular weight excluding hydrogens is 426 g/mol. The molecule has 0 spiro atoms. The van der Waals surface area contributed by atoms with Crippen LogP contribution in [0.5, 0.6) is 0 Å². The summed E-state index contributed by atoms with van der Waals surface area (Å²) in [4.78, 5) is 0. The van der Waals surface area contributed by atoms with Crippen LogP contribution in [0.2, 0.25) is 5.02 Å². The van der Waals surface area contributed by atoms with Gasteiger partial charge < -0.3 is 0 Å². The molecule has 0 aliphatic carbocycles. The van der Waals surface area contributed by atoms with Gasteiger partial charge in [0.2, 0.25) is 0 Å². The van der Waals surface area contributed by atoms with Crippen molar-refractivity contribution in [3.05, 3.63) is 64.0 Å². The van der Waals surface area contributed by atoms with E-state index in [-0.39, 0.29) is 11.8 Å². The van der Waals surface area contributed by atoms with Gasteiger partial charge >= 0.3 is 17.5 Å². The van der Waals surface area contributed by atoms with E-state index >= 15 is 0 Å². The van der Waals surface area contributed by atoms with Crippen molar-refractivity contribution in [1.29, 1.82) is 0 Å². The Labute approximate surface area is 165 Å². The lowest BCUT2D eigenvalue weighted by atomic mass is 10.1. The van der Waals surface area contributed by atoms with E-state index in [1.165, 1.54) is 0 Å². The maximum Gasteiger partial charge on any atom is 0.416 e. The Hall–Kier alpha value is -2.26. The first-order chi connectivity index (χ1) is 12.9. The molecule has 2 nitrogen and oxygen atoms in total. The fourth-order valence-electron chi connectivity index (χ4n) is 2.53. The molecule has 0 aliphatic heterocycles. The van der Waals surface area contributed by atoms with E-state index in [0.29, 0.717) is 22.3 Å². The van der Waals surface area contributed by atoms with Crippen LogP contribution in [0.1, 0.15) is 11.1 Å². The number of hydrogen-bond donors (Lipinski definition) is 1. The molecule has 0 bridgehead atoms. The SMILES string of the molecule is C[n+]1c(-c2ccc(Cl)cc2)csc1Nc1cc(C(F)(F)F)cc(C(F)(F)F)c1. The lowest BCUT2D eigenvalue weighted by Gasteiger charge is -2.12. The molecule has 28 heavy (non-hydrogen) atoms. The van der Waals surface area contributed by atoms with E-state index in [9.17, 15) is 26.3 Å². The van der Waals surface area contributed by atoms with Crippen LogP contribution in [-0.4, -0.2) is 0 Å². The third-order valence-corrected chi connectivity index (χ3v) is 5.12. The second-order valence-electron chi connectivity index (χ2n) is 5.91. The van der Waals surface area contributed by atoms with Crippen LogP contribution in [0.4, 0.5) is 37.2 Å². The molecular formula is C18H12ClF6N2S+. The molecule has 148 valence electrons. The summed E-state index contributed by atoms with van der Waals surface area (Å²) in [5.74, 6) is 0. The highest BCUT2D eigenvalue weighted by molar-refractivity contribution is 7.13. The van der Waals surface area contributed by atoms with Gasteiger partial charge in [-0.15, -0.1) is 0 Å². The monoisotopic (exact) mass is 437 g/mol. The summed E-state index contributed by atoms with van der Waals surface area (Å²) < 4.78 is 79.7. The van der Waals surface area contributed by atoms with Crippen LogP contribution in [0.25, 0.3) is 11.3 Å². The van der Waals surface area contributed by atoms with Crippen molar-refractivity contribution in [2.75, 3.05) is 5.32 Å². The largest absolute Gasteiger partial charge is 0.416 e. The Morgan fingerprint density at radius 3 is 1.93 bits per heavy atom. The molecule has 1 aromatic heterocycles. The Bertz CT molecular complexity index is 961. The summed E-state index contributed by atoms with van der Waals surface area (Å²) in [5, 5.41) is 5.31. The lowest BCUT2D eigenvalue weighted by Crippen LogP contribution is -2.31. The van der Waals surface area contributed by atoms with Crippen LogP contribution >= 0.6 is 22.9 Å². The number of halogens is 7. The number of nitrogens with zero attached hydrogens (tertiary/aromatic N) is 1. The summed E-state index contributed by atoms with van der Waals surface area (Å²) in [6.07, 6.45) is -9.80. The van der Waals surface area contributed by atoms with Crippen molar-refractivity contribution in [1.82, 2.24) is 0 Å². The van der Waals surface area contributed by atoms with Crippen LogP contribution < -0.4 is 9.88 Å². The highest BCUT2D eigenvalue weighted by Crippen LogP contribution is 2.38. The molecule has 0 aliphatic rings. The summed E-state index contributed by atoms with van der Waals surface area (Å²) in [6, 6.07) is 8.29. The molecule has 0 atom stereocenters. The first kappa shape index (κ1) is 20.5. The Balaban J connectivity index is 1.99. The molecule has 0 unspecified atom stereocenters. The highest BCUT2D eigenvalue weighted by atomic mass is 35.5. The van der Waals surface area contributed by atoms with Gasteiger partial charge in [-0.05, 0) is 42.5 Å². The Morgan fingerprint density at radius 1 is 0.893 bits per heavy atom. The minimum atomic E-state index is -4.90. The van der Waals surface area contributed by atoms with Crippen LogP contribution in [0, 0.1) is 0 Å². The lowest BCUT2D eigenvalue weighted by molar-refractivity contribution is -0.641. The van der Waals surface area contributed by atoms with E-state index in [1.54, 1.807) is 41.3 Å². The Kier molecular flexibility index (Phi) is 5.33. The van der Waals surface area contributed by atoms with E-state index in [0.717, 1.165) is 22.6 Å². The molecule has 2 aromatic carbocycles. The first-order valence-corrected chi connectivity index (χ1v) is 9.01. The van der Waals surface area contributed by atoms with Gasteiger partial charge in [-0.25, -0.2) is 9.88 Å². The average molecular weight is 438 g/mol. The molecule has 0 radical (unpaired) electrons. The van der Waals surface area contributed by atoms with Gasteiger partial charge in [0.05, 0.1) is 18.2 Å². The summed E-state index contributed by atoms with van der Waals surface area (Å²) >= 11 is 7.01.